The molecule has 0 spiro atoms. The summed E-state index contributed by atoms with van der Waals surface area (Å²) in [5.41, 5.74) is 0. The molecule has 134 valence electrons. The Morgan fingerprint density at radius 1 is 1.50 bits per heavy atom. The summed E-state index contributed by atoms with van der Waals surface area (Å²) in [5, 5.41) is 6.48. The summed E-state index contributed by atoms with van der Waals surface area (Å²) in [5.74, 6) is 1.26. The molecule has 0 saturated carbocycles. The van der Waals surface area contributed by atoms with Crippen LogP contribution < -0.4 is 5.32 Å². The van der Waals surface area contributed by atoms with Crippen molar-refractivity contribution in [3.63, 3.8) is 0 Å². The lowest BCUT2D eigenvalue weighted by Gasteiger charge is -2.23. The minimum Gasteiger partial charge on any atom is -0.381 e. The van der Waals surface area contributed by atoms with Crippen molar-refractivity contribution < 1.29 is 9.53 Å². The molecule has 8 heteroatoms. The zero-order valence-corrected chi connectivity index (χ0v) is 15.5. The quantitative estimate of drug-likeness (QED) is 0.577. The van der Waals surface area contributed by atoms with Crippen LogP contribution in [0.15, 0.2) is 16.6 Å². The van der Waals surface area contributed by atoms with Crippen LogP contribution in [-0.2, 0) is 16.0 Å². The van der Waals surface area contributed by atoms with Crippen molar-refractivity contribution in [2.45, 2.75) is 12.8 Å². The van der Waals surface area contributed by atoms with Crippen LogP contribution in [0.25, 0.3) is 0 Å². The Bertz CT molecular complexity index is 527. The number of carbonyl (C=O) groups excluding carboxylic acids is 1. The summed E-state index contributed by atoms with van der Waals surface area (Å²) in [6.45, 7) is 3.39. The molecule has 0 aromatic carbocycles. The predicted octanol–water partition coefficient (Wildman–Crippen LogP) is 0.688. The highest BCUT2D eigenvalue weighted by Gasteiger charge is 2.17. The van der Waals surface area contributed by atoms with Crippen molar-refractivity contribution in [3.05, 3.63) is 16.6 Å². The number of thiazole rings is 1. The van der Waals surface area contributed by atoms with Gasteiger partial charge in [-0.25, -0.2) is 9.98 Å². The van der Waals surface area contributed by atoms with Crippen molar-refractivity contribution in [3.8, 4) is 0 Å². The highest BCUT2D eigenvalue weighted by molar-refractivity contribution is 7.09. The van der Waals surface area contributed by atoms with Crippen molar-refractivity contribution in [2.75, 3.05) is 54.0 Å². The molecule has 1 amide bonds. The van der Waals surface area contributed by atoms with Crippen LogP contribution >= 0.6 is 11.3 Å². The second kappa shape index (κ2) is 9.58. The Labute approximate surface area is 147 Å². The van der Waals surface area contributed by atoms with Crippen molar-refractivity contribution >= 4 is 23.2 Å². The average molecular weight is 353 g/mol. The SMILES string of the molecule is CN(C)C(=O)CN=C(NCC1CCOC1)N(C)CCc1nccs1. The monoisotopic (exact) mass is 353 g/mol. The van der Waals surface area contributed by atoms with E-state index in [1.807, 2.05) is 18.6 Å². The molecule has 1 aromatic rings. The first kappa shape index (κ1) is 18.7. The summed E-state index contributed by atoms with van der Waals surface area (Å²) in [6.07, 6.45) is 3.76. The van der Waals surface area contributed by atoms with Crippen molar-refractivity contribution in [1.82, 2.24) is 20.1 Å². The number of nitrogens with one attached hydrogen (secondary N) is 1. The second-order valence-electron chi connectivity index (χ2n) is 6.14. The van der Waals surface area contributed by atoms with E-state index in [0.717, 1.165) is 50.1 Å². The van der Waals surface area contributed by atoms with Gasteiger partial charge in [-0.3, -0.25) is 4.79 Å². The van der Waals surface area contributed by atoms with Gasteiger partial charge in [-0.2, -0.15) is 0 Å². The fraction of sp³-hybridized carbons (Fsp3) is 0.688. The predicted molar refractivity (Wildman–Crippen MR) is 96.4 cm³/mol. The number of aromatic nitrogens is 1. The summed E-state index contributed by atoms with van der Waals surface area (Å²) < 4.78 is 5.41. The number of hydrogen-bond donors (Lipinski definition) is 1. The second-order valence-corrected chi connectivity index (χ2v) is 7.12. The number of nitrogens with zero attached hydrogens (tertiary/aromatic N) is 4. The van der Waals surface area contributed by atoms with E-state index >= 15 is 0 Å². The van der Waals surface area contributed by atoms with E-state index in [-0.39, 0.29) is 12.5 Å². The smallest absolute Gasteiger partial charge is 0.243 e. The van der Waals surface area contributed by atoms with Gasteiger partial charge >= 0.3 is 0 Å². The van der Waals surface area contributed by atoms with E-state index in [1.165, 1.54) is 0 Å². The number of hydrogen-bond acceptors (Lipinski definition) is 5. The molecule has 1 N–H and O–H groups in total. The van der Waals surface area contributed by atoms with Crippen molar-refractivity contribution in [1.29, 1.82) is 0 Å². The molecule has 0 radical (unpaired) electrons. The number of ether oxygens (including phenoxy) is 1. The van der Waals surface area contributed by atoms with Gasteiger partial charge in [0, 0.05) is 64.8 Å². The van der Waals surface area contributed by atoms with Crippen LogP contribution in [-0.4, -0.2) is 80.6 Å². The Morgan fingerprint density at radius 3 is 2.96 bits per heavy atom. The first-order chi connectivity index (χ1) is 11.6. The van der Waals surface area contributed by atoms with Crippen LogP contribution in [0.5, 0.6) is 0 Å². The Kier molecular flexibility index (Phi) is 7.45. The van der Waals surface area contributed by atoms with Crippen LogP contribution in [0.4, 0.5) is 0 Å². The highest BCUT2D eigenvalue weighted by atomic mass is 32.1. The first-order valence-electron chi connectivity index (χ1n) is 8.22. The molecule has 1 aromatic heterocycles. The first-order valence-corrected chi connectivity index (χ1v) is 9.10. The fourth-order valence-electron chi connectivity index (χ4n) is 2.32. The van der Waals surface area contributed by atoms with Gasteiger partial charge in [-0.05, 0) is 6.42 Å². The lowest BCUT2D eigenvalue weighted by atomic mass is 10.1. The van der Waals surface area contributed by atoms with E-state index < -0.39 is 0 Å². The zero-order valence-electron chi connectivity index (χ0n) is 14.7. The minimum atomic E-state index is -0.00757. The normalized spacial score (nSPS) is 17.8. The largest absolute Gasteiger partial charge is 0.381 e. The Morgan fingerprint density at radius 2 is 2.33 bits per heavy atom. The molecule has 1 aliphatic rings. The van der Waals surface area contributed by atoms with E-state index in [2.05, 4.69) is 20.2 Å². The number of rotatable bonds is 7. The van der Waals surface area contributed by atoms with E-state index in [4.69, 9.17) is 4.74 Å². The average Bonchev–Trinajstić information content (AvgIpc) is 3.25. The molecular weight excluding hydrogens is 326 g/mol. The third kappa shape index (κ3) is 6.09. The van der Waals surface area contributed by atoms with Crippen LogP contribution in [0.1, 0.15) is 11.4 Å². The van der Waals surface area contributed by atoms with Gasteiger partial charge in [0.2, 0.25) is 5.91 Å². The summed E-state index contributed by atoms with van der Waals surface area (Å²) in [4.78, 5) is 24.2. The Balaban J connectivity index is 1.91. The maximum atomic E-state index is 11.8. The van der Waals surface area contributed by atoms with Crippen molar-refractivity contribution in [2.24, 2.45) is 10.9 Å². The highest BCUT2D eigenvalue weighted by Crippen LogP contribution is 2.11. The third-order valence-electron chi connectivity index (χ3n) is 3.94. The standard InChI is InChI=1S/C16H27N5O2S/c1-20(2)15(22)11-19-16(18-10-13-5-8-23-12-13)21(3)7-4-14-17-6-9-24-14/h6,9,13H,4-5,7-8,10-12H2,1-3H3,(H,18,19). The summed E-state index contributed by atoms with van der Waals surface area (Å²) >= 11 is 1.66. The molecule has 7 nitrogen and oxygen atoms in total. The molecule has 2 heterocycles. The van der Waals surface area contributed by atoms with Gasteiger partial charge in [0.1, 0.15) is 6.54 Å². The van der Waals surface area contributed by atoms with Crippen LogP contribution in [0, 0.1) is 5.92 Å². The number of guanidine groups is 1. The molecular formula is C16H27N5O2S. The molecule has 24 heavy (non-hydrogen) atoms. The maximum Gasteiger partial charge on any atom is 0.243 e. The number of amides is 1. The Hall–Kier alpha value is -1.67. The third-order valence-corrected chi connectivity index (χ3v) is 4.78. The lowest BCUT2D eigenvalue weighted by molar-refractivity contribution is -0.127. The molecule has 1 aliphatic heterocycles. The minimum absolute atomic E-state index is 0.00757. The maximum absolute atomic E-state index is 11.8. The number of likely N-dealkylation sites (N-methyl/N-ethyl adjacent to an activating group) is 2. The molecule has 1 unspecified atom stereocenters. The van der Waals surface area contributed by atoms with Gasteiger partial charge in [0.15, 0.2) is 5.96 Å². The fourth-order valence-corrected chi connectivity index (χ4v) is 2.93. The van der Waals surface area contributed by atoms with Gasteiger partial charge in [-0.1, -0.05) is 0 Å². The van der Waals surface area contributed by atoms with Gasteiger partial charge in [-0.15, -0.1) is 11.3 Å². The summed E-state index contributed by atoms with van der Waals surface area (Å²) in [6, 6.07) is 0. The molecule has 0 aliphatic carbocycles. The summed E-state index contributed by atoms with van der Waals surface area (Å²) in [7, 11) is 5.48. The lowest BCUT2D eigenvalue weighted by Crippen LogP contribution is -2.42. The topological polar surface area (TPSA) is 70.1 Å². The van der Waals surface area contributed by atoms with E-state index in [0.29, 0.717) is 5.92 Å². The van der Waals surface area contributed by atoms with Crippen LogP contribution in [0.2, 0.25) is 0 Å². The van der Waals surface area contributed by atoms with Gasteiger partial charge < -0.3 is 19.9 Å². The van der Waals surface area contributed by atoms with E-state index in [9.17, 15) is 4.79 Å². The van der Waals surface area contributed by atoms with Crippen LogP contribution in [0.3, 0.4) is 0 Å². The zero-order chi connectivity index (χ0) is 17.4. The molecule has 1 atom stereocenters. The molecule has 1 saturated heterocycles. The molecule has 1 fully saturated rings. The van der Waals surface area contributed by atoms with E-state index in [1.54, 1.807) is 30.3 Å². The number of carbonyl (C=O) groups is 1. The molecule has 2 rings (SSSR count). The van der Waals surface area contributed by atoms with Gasteiger partial charge in [0.25, 0.3) is 0 Å². The number of aliphatic imine (C=N–C) groups is 1. The molecule has 0 bridgehead atoms. The van der Waals surface area contributed by atoms with Gasteiger partial charge in [0.05, 0.1) is 11.6 Å².